The lowest BCUT2D eigenvalue weighted by Gasteiger charge is -2.09. The standard InChI is InChI=1S/C13H11Cl2NO/c1-9-4-5-12(11(14)7-9)17-8-10-3-2-6-16-13(10)15/h2-7H,8H2,1H3. The Kier molecular flexibility index (Phi) is 3.87. The van der Waals surface area contributed by atoms with E-state index in [4.69, 9.17) is 27.9 Å². The molecule has 1 aromatic carbocycles. The highest BCUT2D eigenvalue weighted by Crippen LogP contribution is 2.26. The number of pyridine rings is 1. The number of nitrogens with zero attached hydrogens (tertiary/aromatic N) is 1. The number of aromatic nitrogens is 1. The summed E-state index contributed by atoms with van der Waals surface area (Å²) in [5, 5.41) is 1.06. The molecule has 0 aliphatic rings. The van der Waals surface area contributed by atoms with Crippen molar-refractivity contribution in [3.63, 3.8) is 0 Å². The van der Waals surface area contributed by atoms with Gasteiger partial charge in [-0.2, -0.15) is 0 Å². The van der Waals surface area contributed by atoms with E-state index in [1.54, 1.807) is 6.20 Å². The lowest BCUT2D eigenvalue weighted by molar-refractivity contribution is 0.306. The molecule has 88 valence electrons. The van der Waals surface area contributed by atoms with Crippen LogP contribution in [0.2, 0.25) is 10.2 Å². The predicted molar refractivity (Wildman–Crippen MR) is 69.8 cm³/mol. The molecular formula is C13H11Cl2NO. The van der Waals surface area contributed by atoms with Crippen molar-refractivity contribution in [3.05, 3.63) is 57.8 Å². The molecule has 0 fully saturated rings. The molecule has 0 unspecified atom stereocenters. The largest absolute Gasteiger partial charge is 0.487 e. The number of benzene rings is 1. The third-order valence-electron chi connectivity index (χ3n) is 2.31. The van der Waals surface area contributed by atoms with E-state index < -0.39 is 0 Å². The molecule has 0 saturated carbocycles. The van der Waals surface area contributed by atoms with E-state index in [2.05, 4.69) is 4.98 Å². The van der Waals surface area contributed by atoms with E-state index in [0.29, 0.717) is 22.5 Å². The number of hydrogen-bond donors (Lipinski definition) is 0. The van der Waals surface area contributed by atoms with Crippen molar-refractivity contribution in [1.29, 1.82) is 0 Å². The topological polar surface area (TPSA) is 22.1 Å². The smallest absolute Gasteiger partial charge is 0.138 e. The Morgan fingerprint density at radius 2 is 2.06 bits per heavy atom. The average molecular weight is 268 g/mol. The Labute approximate surface area is 110 Å². The molecule has 0 radical (unpaired) electrons. The number of halogens is 2. The maximum atomic E-state index is 6.06. The summed E-state index contributed by atoms with van der Waals surface area (Å²) in [6.45, 7) is 2.34. The molecule has 4 heteroatoms. The van der Waals surface area contributed by atoms with Gasteiger partial charge in [-0.15, -0.1) is 0 Å². The van der Waals surface area contributed by atoms with Crippen molar-refractivity contribution in [3.8, 4) is 5.75 Å². The molecule has 2 aromatic rings. The second-order valence-corrected chi connectivity index (χ2v) is 4.44. The predicted octanol–water partition coefficient (Wildman–Crippen LogP) is 4.28. The van der Waals surface area contributed by atoms with E-state index in [-0.39, 0.29) is 0 Å². The fraction of sp³-hybridized carbons (Fsp3) is 0.154. The molecule has 2 rings (SSSR count). The van der Waals surface area contributed by atoms with Crippen molar-refractivity contribution in [1.82, 2.24) is 4.98 Å². The minimum absolute atomic E-state index is 0.357. The first-order valence-corrected chi connectivity index (χ1v) is 5.91. The molecule has 0 N–H and O–H groups in total. The zero-order chi connectivity index (χ0) is 12.3. The van der Waals surface area contributed by atoms with Gasteiger partial charge in [0.05, 0.1) is 5.02 Å². The van der Waals surface area contributed by atoms with Crippen molar-refractivity contribution < 1.29 is 4.74 Å². The summed E-state index contributed by atoms with van der Waals surface area (Å²) < 4.78 is 5.60. The van der Waals surface area contributed by atoms with Crippen LogP contribution >= 0.6 is 23.2 Å². The summed E-state index contributed by atoms with van der Waals surface area (Å²) in [6, 6.07) is 9.36. The maximum Gasteiger partial charge on any atom is 0.138 e. The molecule has 0 bridgehead atoms. The van der Waals surface area contributed by atoms with Crippen molar-refractivity contribution in [2.24, 2.45) is 0 Å². The fourth-order valence-electron chi connectivity index (χ4n) is 1.41. The number of aryl methyl sites for hydroxylation is 1. The Morgan fingerprint density at radius 3 is 2.76 bits per heavy atom. The quantitative estimate of drug-likeness (QED) is 0.775. The van der Waals surface area contributed by atoms with Crippen LogP contribution < -0.4 is 4.74 Å². The summed E-state index contributed by atoms with van der Waals surface area (Å²) in [7, 11) is 0. The van der Waals surface area contributed by atoms with Crippen LogP contribution in [0.25, 0.3) is 0 Å². The first kappa shape index (κ1) is 12.2. The molecule has 1 heterocycles. The highest BCUT2D eigenvalue weighted by molar-refractivity contribution is 6.32. The van der Waals surface area contributed by atoms with Crippen LogP contribution in [-0.2, 0) is 6.61 Å². The van der Waals surface area contributed by atoms with Gasteiger partial charge in [0, 0.05) is 11.8 Å². The second kappa shape index (κ2) is 5.39. The zero-order valence-electron chi connectivity index (χ0n) is 9.28. The van der Waals surface area contributed by atoms with Crippen LogP contribution in [0, 0.1) is 6.92 Å². The normalized spacial score (nSPS) is 10.3. The summed E-state index contributed by atoms with van der Waals surface area (Å²) >= 11 is 12.0. The summed E-state index contributed by atoms with van der Waals surface area (Å²) in [5.41, 5.74) is 1.94. The zero-order valence-corrected chi connectivity index (χ0v) is 10.8. The summed E-state index contributed by atoms with van der Waals surface area (Å²) in [4.78, 5) is 3.98. The van der Waals surface area contributed by atoms with Gasteiger partial charge in [-0.05, 0) is 30.7 Å². The van der Waals surface area contributed by atoms with Gasteiger partial charge in [0.2, 0.25) is 0 Å². The van der Waals surface area contributed by atoms with Gasteiger partial charge in [0.15, 0.2) is 0 Å². The number of rotatable bonds is 3. The minimum atomic E-state index is 0.357. The van der Waals surface area contributed by atoms with Gasteiger partial charge in [-0.1, -0.05) is 35.3 Å². The van der Waals surface area contributed by atoms with Crippen molar-refractivity contribution >= 4 is 23.2 Å². The summed E-state index contributed by atoms with van der Waals surface area (Å²) in [6.07, 6.45) is 1.64. The van der Waals surface area contributed by atoms with E-state index in [1.807, 2.05) is 37.3 Å². The monoisotopic (exact) mass is 267 g/mol. The van der Waals surface area contributed by atoms with E-state index >= 15 is 0 Å². The molecule has 0 amide bonds. The number of ether oxygens (including phenoxy) is 1. The van der Waals surface area contributed by atoms with Gasteiger partial charge in [0.1, 0.15) is 17.5 Å². The van der Waals surface area contributed by atoms with Gasteiger partial charge in [-0.3, -0.25) is 0 Å². The van der Waals surface area contributed by atoms with Crippen LogP contribution in [0.1, 0.15) is 11.1 Å². The summed E-state index contributed by atoms with van der Waals surface area (Å²) in [5.74, 6) is 0.650. The molecule has 1 aromatic heterocycles. The van der Waals surface area contributed by atoms with Crippen LogP contribution in [0.5, 0.6) is 5.75 Å². The van der Waals surface area contributed by atoms with Crippen LogP contribution in [0.4, 0.5) is 0 Å². The van der Waals surface area contributed by atoms with Gasteiger partial charge < -0.3 is 4.74 Å². The van der Waals surface area contributed by atoms with Gasteiger partial charge in [-0.25, -0.2) is 4.98 Å². The van der Waals surface area contributed by atoms with E-state index in [9.17, 15) is 0 Å². The highest BCUT2D eigenvalue weighted by atomic mass is 35.5. The lowest BCUT2D eigenvalue weighted by atomic mass is 10.2. The Balaban J connectivity index is 2.10. The fourth-order valence-corrected chi connectivity index (χ4v) is 1.87. The molecule has 0 saturated heterocycles. The van der Waals surface area contributed by atoms with Crippen LogP contribution in [0.3, 0.4) is 0 Å². The van der Waals surface area contributed by atoms with Gasteiger partial charge in [0.25, 0.3) is 0 Å². The second-order valence-electron chi connectivity index (χ2n) is 3.68. The van der Waals surface area contributed by atoms with Crippen molar-refractivity contribution in [2.75, 3.05) is 0 Å². The Bertz CT molecular complexity index is 529. The molecule has 2 nitrogen and oxygen atoms in total. The van der Waals surface area contributed by atoms with E-state index in [1.165, 1.54) is 0 Å². The van der Waals surface area contributed by atoms with Gasteiger partial charge >= 0.3 is 0 Å². The number of hydrogen-bond acceptors (Lipinski definition) is 2. The van der Waals surface area contributed by atoms with Crippen LogP contribution in [-0.4, -0.2) is 4.98 Å². The van der Waals surface area contributed by atoms with Crippen LogP contribution in [0.15, 0.2) is 36.5 Å². The molecule has 17 heavy (non-hydrogen) atoms. The molecule has 0 spiro atoms. The third-order valence-corrected chi connectivity index (χ3v) is 2.94. The third kappa shape index (κ3) is 3.11. The highest BCUT2D eigenvalue weighted by Gasteiger charge is 2.04. The first-order chi connectivity index (χ1) is 8.16. The molecule has 0 aliphatic heterocycles. The SMILES string of the molecule is Cc1ccc(OCc2cccnc2Cl)c(Cl)c1. The first-order valence-electron chi connectivity index (χ1n) is 5.15. The molecular weight excluding hydrogens is 257 g/mol. The maximum absolute atomic E-state index is 6.06. The Morgan fingerprint density at radius 1 is 1.24 bits per heavy atom. The lowest BCUT2D eigenvalue weighted by Crippen LogP contribution is -1.97. The molecule has 0 aliphatic carbocycles. The average Bonchev–Trinajstić information content (AvgIpc) is 2.30. The molecule has 0 atom stereocenters. The Hall–Kier alpha value is -1.25. The van der Waals surface area contributed by atoms with E-state index in [0.717, 1.165) is 11.1 Å². The minimum Gasteiger partial charge on any atom is -0.487 e. The van der Waals surface area contributed by atoms with Crippen molar-refractivity contribution in [2.45, 2.75) is 13.5 Å².